The molecule has 0 saturated heterocycles. The molecule has 0 aromatic rings. The van der Waals surface area contributed by atoms with Crippen molar-refractivity contribution in [3.8, 4) is 0 Å². The van der Waals surface area contributed by atoms with E-state index in [0.29, 0.717) is 0 Å². The van der Waals surface area contributed by atoms with E-state index in [1.807, 2.05) is 6.92 Å². The molecule has 0 rings (SSSR count). The average molecular weight is 184 g/mol. The number of rotatable bonds is 6. The number of allylic oxidation sites excluding steroid dienone is 1. The maximum atomic E-state index is 10.8. The van der Waals surface area contributed by atoms with Crippen LogP contribution in [-0.2, 0) is 9.53 Å². The monoisotopic (exact) mass is 184 g/mol. The van der Waals surface area contributed by atoms with Gasteiger partial charge in [0.1, 0.15) is 0 Å². The van der Waals surface area contributed by atoms with Gasteiger partial charge in [-0.3, -0.25) is 4.79 Å². The van der Waals surface area contributed by atoms with Crippen LogP contribution in [0.5, 0.6) is 0 Å². The fourth-order valence-electron chi connectivity index (χ4n) is 1.33. The molecule has 0 radical (unpaired) electrons. The topological polar surface area (TPSA) is 26.3 Å². The Morgan fingerprint density at radius 3 is 2.46 bits per heavy atom. The Morgan fingerprint density at radius 1 is 1.46 bits per heavy atom. The minimum atomic E-state index is 0.0936. The van der Waals surface area contributed by atoms with E-state index in [4.69, 9.17) is 4.74 Å². The zero-order chi connectivity index (χ0) is 10.3. The van der Waals surface area contributed by atoms with Gasteiger partial charge in [0, 0.05) is 7.11 Å². The van der Waals surface area contributed by atoms with Gasteiger partial charge in [-0.2, -0.15) is 0 Å². The molecule has 0 heterocycles. The standard InChI is InChI=1S/C11H20O2/c1-5-6-7-11(13-4)9(2)8-10(3)12/h8,11H,5-7H2,1-4H3/b9-8+. The molecular weight excluding hydrogens is 164 g/mol. The minimum Gasteiger partial charge on any atom is -0.377 e. The Balaban J connectivity index is 4.13. The fourth-order valence-corrected chi connectivity index (χ4v) is 1.33. The quantitative estimate of drug-likeness (QED) is 0.593. The smallest absolute Gasteiger partial charge is 0.152 e. The Labute approximate surface area is 81.0 Å². The lowest BCUT2D eigenvalue weighted by Gasteiger charge is -2.15. The van der Waals surface area contributed by atoms with Gasteiger partial charge in [-0.05, 0) is 31.9 Å². The number of methoxy groups -OCH3 is 1. The fraction of sp³-hybridized carbons (Fsp3) is 0.727. The highest BCUT2D eigenvalue weighted by Gasteiger charge is 2.08. The molecule has 1 atom stereocenters. The van der Waals surface area contributed by atoms with Crippen molar-refractivity contribution >= 4 is 5.78 Å². The number of hydrogen-bond acceptors (Lipinski definition) is 2. The summed E-state index contributed by atoms with van der Waals surface area (Å²) in [6, 6.07) is 0. The van der Waals surface area contributed by atoms with Crippen LogP contribution in [0, 0.1) is 0 Å². The third kappa shape index (κ3) is 5.58. The van der Waals surface area contributed by atoms with Crippen molar-refractivity contribution in [3.63, 3.8) is 0 Å². The third-order valence-electron chi connectivity index (χ3n) is 2.04. The molecule has 0 spiro atoms. The van der Waals surface area contributed by atoms with E-state index < -0.39 is 0 Å². The van der Waals surface area contributed by atoms with Gasteiger partial charge in [0.25, 0.3) is 0 Å². The zero-order valence-corrected chi connectivity index (χ0v) is 9.09. The summed E-state index contributed by atoms with van der Waals surface area (Å²) in [6.45, 7) is 5.66. The summed E-state index contributed by atoms with van der Waals surface area (Å²) in [5, 5.41) is 0. The van der Waals surface area contributed by atoms with E-state index >= 15 is 0 Å². The molecule has 1 unspecified atom stereocenters. The molecule has 2 heteroatoms. The predicted molar refractivity (Wildman–Crippen MR) is 54.8 cm³/mol. The Kier molecular flexibility index (Phi) is 6.51. The van der Waals surface area contributed by atoms with E-state index in [1.54, 1.807) is 20.1 Å². The summed E-state index contributed by atoms with van der Waals surface area (Å²) in [4.78, 5) is 10.8. The molecule has 0 aliphatic rings. The second-order valence-corrected chi connectivity index (χ2v) is 3.37. The van der Waals surface area contributed by atoms with Crippen molar-refractivity contribution in [2.45, 2.75) is 46.1 Å². The van der Waals surface area contributed by atoms with Gasteiger partial charge in [-0.25, -0.2) is 0 Å². The largest absolute Gasteiger partial charge is 0.377 e. The highest BCUT2D eigenvalue weighted by atomic mass is 16.5. The summed E-state index contributed by atoms with van der Waals surface area (Å²) >= 11 is 0. The van der Waals surface area contributed by atoms with Crippen LogP contribution in [0.1, 0.15) is 40.0 Å². The van der Waals surface area contributed by atoms with E-state index in [0.717, 1.165) is 24.8 Å². The van der Waals surface area contributed by atoms with Gasteiger partial charge >= 0.3 is 0 Å². The highest BCUT2D eigenvalue weighted by Crippen LogP contribution is 2.12. The average Bonchev–Trinajstić information content (AvgIpc) is 2.04. The van der Waals surface area contributed by atoms with Crippen molar-refractivity contribution < 1.29 is 9.53 Å². The summed E-state index contributed by atoms with van der Waals surface area (Å²) in [7, 11) is 1.69. The number of carbonyl (C=O) groups excluding carboxylic acids is 1. The molecule has 2 nitrogen and oxygen atoms in total. The lowest BCUT2D eigenvalue weighted by Crippen LogP contribution is -2.12. The van der Waals surface area contributed by atoms with Crippen LogP contribution in [0.25, 0.3) is 0 Å². The summed E-state index contributed by atoms with van der Waals surface area (Å²) in [6.07, 6.45) is 5.07. The first-order valence-corrected chi connectivity index (χ1v) is 4.83. The maximum absolute atomic E-state index is 10.8. The SMILES string of the molecule is CCCCC(OC)/C(C)=C/C(C)=O. The van der Waals surface area contributed by atoms with E-state index in [1.165, 1.54) is 0 Å². The van der Waals surface area contributed by atoms with E-state index in [-0.39, 0.29) is 11.9 Å². The first-order chi connectivity index (χ1) is 6.11. The molecule has 76 valence electrons. The summed E-state index contributed by atoms with van der Waals surface area (Å²) < 4.78 is 5.29. The van der Waals surface area contributed by atoms with Crippen molar-refractivity contribution in [2.24, 2.45) is 0 Å². The molecule has 0 aliphatic carbocycles. The van der Waals surface area contributed by atoms with Crippen LogP contribution in [0.15, 0.2) is 11.6 Å². The molecular formula is C11H20O2. The first kappa shape index (κ1) is 12.4. The lowest BCUT2D eigenvalue weighted by atomic mass is 10.0. The van der Waals surface area contributed by atoms with Gasteiger partial charge in [-0.15, -0.1) is 0 Å². The number of unbranched alkanes of at least 4 members (excludes halogenated alkanes) is 1. The maximum Gasteiger partial charge on any atom is 0.152 e. The van der Waals surface area contributed by atoms with Crippen LogP contribution in [0.4, 0.5) is 0 Å². The highest BCUT2D eigenvalue weighted by molar-refractivity contribution is 5.87. The molecule has 0 aromatic carbocycles. The Hall–Kier alpha value is -0.630. The molecule has 0 N–H and O–H groups in total. The first-order valence-electron chi connectivity index (χ1n) is 4.83. The van der Waals surface area contributed by atoms with Crippen LogP contribution in [0.2, 0.25) is 0 Å². The minimum absolute atomic E-state index is 0.0936. The van der Waals surface area contributed by atoms with Gasteiger partial charge in [-0.1, -0.05) is 19.8 Å². The normalized spacial score (nSPS) is 14.3. The molecule has 0 aliphatic heterocycles. The number of ether oxygens (including phenoxy) is 1. The second-order valence-electron chi connectivity index (χ2n) is 3.37. The number of ketones is 1. The van der Waals surface area contributed by atoms with Crippen molar-refractivity contribution in [3.05, 3.63) is 11.6 Å². The van der Waals surface area contributed by atoms with Gasteiger partial charge in [0.05, 0.1) is 6.10 Å². The van der Waals surface area contributed by atoms with Gasteiger partial charge in [0.15, 0.2) is 5.78 Å². The molecule has 0 fully saturated rings. The zero-order valence-electron chi connectivity index (χ0n) is 9.09. The molecule has 0 amide bonds. The van der Waals surface area contributed by atoms with E-state index in [9.17, 15) is 4.79 Å². The van der Waals surface area contributed by atoms with E-state index in [2.05, 4.69) is 6.92 Å². The lowest BCUT2D eigenvalue weighted by molar-refractivity contribution is -0.112. The number of carbonyl (C=O) groups is 1. The van der Waals surface area contributed by atoms with Crippen molar-refractivity contribution in [1.82, 2.24) is 0 Å². The van der Waals surface area contributed by atoms with Crippen LogP contribution in [-0.4, -0.2) is 19.0 Å². The molecule has 0 bridgehead atoms. The molecule has 0 saturated carbocycles. The van der Waals surface area contributed by atoms with Gasteiger partial charge in [0.2, 0.25) is 0 Å². The van der Waals surface area contributed by atoms with Gasteiger partial charge < -0.3 is 4.74 Å². The van der Waals surface area contributed by atoms with Crippen LogP contribution >= 0.6 is 0 Å². The Bertz CT molecular complexity index is 183. The summed E-state index contributed by atoms with van der Waals surface area (Å²) in [5.74, 6) is 0.0936. The number of hydrogen-bond donors (Lipinski definition) is 0. The second kappa shape index (κ2) is 6.84. The third-order valence-corrected chi connectivity index (χ3v) is 2.04. The summed E-state index contributed by atoms with van der Waals surface area (Å²) in [5.41, 5.74) is 1.03. The molecule has 13 heavy (non-hydrogen) atoms. The van der Waals surface area contributed by atoms with Crippen LogP contribution < -0.4 is 0 Å². The van der Waals surface area contributed by atoms with Crippen molar-refractivity contribution in [2.75, 3.05) is 7.11 Å². The molecule has 0 aromatic heterocycles. The van der Waals surface area contributed by atoms with Crippen LogP contribution in [0.3, 0.4) is 0 Å². The van der Waals surface area contributed by atoms with Crippen molar-refractivity contribution in [1.29, 1.82) is 0 Å². The Morgan fingerprint density at radius 2 is 2.08 bits per heavy atom. The predicted octanol–water partition coefficient (Wildman–Crippen LogP) is 2.73.